The molecule has 5 rings (SSSR count). The third-order valence-electron chi connectivity index (χ3n) is 5.57. The van der Waals surface area contributed by atoms with Crippen LogP contribution in [-0.2, 0) is 16.4 Å². The highest BCUT2D eigenvalue weighted by Gasteiger charge is 2.33. The van der Waals surface area contributed by atoms with Crippen molar-refractivity contribution in [1.29, 1.82) is 0 Å². The van der Waals surface area contributed by atoms with Crippen LogP contribution in [0.15, 0.2) is 44.3 Å². The van der Waals surface area contributed by atoms with E-state index in [1.807, 2.05) is 0 Å². The van der Waals surface area contributed by atoms with E-state index in [1.54, 1.807) is 6.20 Å². The van der Waals surface area contributed by atoms with Crippen molar-refractivity contribution in [2.45, 2.75) is 48.8 Å². The Morgan fingerprint density at radius 2 is 1.80 bits per heavy atom. The molecule has 30 heavy (non-hydrogen) atoms. The van der Waals surface area contributed by atoms with Crippen molar-refractivity contribution >= 4 is 10.0 Å². The predicted octanol–water partition coefficient (Wildman–Crippen LogP) is 3.23. The second-order valence-corrected chi connectivity index (χ2v) is 9.68. The summed E-state index contributed by atoms with van der Waals surface area (Å²) in [7, 11) is -3.86. The third kappa shape index (κ3) is 3.77. The molecule has 1 aromatic carbocycles. The second kappa shape index (κ2) is 7.59. The number of hydrogen-bond acceptors (Lipinski definition) is 7. The number of hydrogen-bond donors (Lipinski definition) is 0. The number of halogens is 1. The van der Waals surface area contributed by atoms with E-state index < -0.39 is 15.8 Å². The summed E-state index contributed by atoms with van der Waals surface area (Å²) in [6, 6.07) is 5.44. The first-order chi connectivity index (χ1) is 14.5. The molecule has 158 valence electrons. The number of oxazole rings is 1. The Morgan fingerprint density at radius 3 is 2.53 bits per heavy atom. The molecule has 0 bridgehead atoms. The first-order valence-electron chi connectivity index (χ1n) is 10.0. The molecule has 1 aliphatic carbocycles. The van der Waals surface area contributed by atoms with Gasteiger partial charge in [-0.3, -0.25) is 0 Å². The van der Waals surface area contributed by atoms with Crippen molar-refractivity contribution in [3.63, 3.8) is 0 Å². The summed E-state index contributed by atoms with van der Waals surface area (Å²) in [6.45, 7) is 0.539. The Labute approximate surface area is 173 Å². The quantitative estimate of drug-likeness (QED) is 0.589. The molecule has 8 nitrogen and oxygen atoms in total. The standard InChI is InChI=1S/C20H21FN4O4S/c21-16-3-1-2-4-17(16)30(26,27)25-9-7-14(8-10-25)20-23-18(24-29-20)11-15-12-22-19(28-15)13-5-6-13/h1-4,12-14H,5-11H2. The molecule has 10 heteroatoms. The van der Waals surface area contributed by atoms with Crippen molar-refractivity contribution in [1.82, 2.24) is 19.4 Å². The molecule has 0 atom stereocenters. The minimum absolute atomic E-state index is 0.0323. The molecule has 1 saturated carbocycles. The first-order valence-corrected chi connectivity index (χ1v) is 11.5. The van der Waals surface area contributed by atoms with E-state index in [0.717, 1.165) is 24.8 Å². The molecule has 0 spiro atoms. The van der Waals surface area contributed by atoms with Gasteiger partial charge in [-0.05, 0) is 37.8 Å². The molecular formula is C20H21FN4O4S. The zero-order valence-electron chi connectivity index (χ0n) is 16.2. The van der Waals surface area contributed by atoms with Gasteiger partial charge in [-0.15, -0.1) is 0 Å². The highest BCUT2D eigenvalue weighted by atomic mass is 32.2. The summed E-state index contributed by atoms with van der Waals surface area (Å²) in [6.07, 6.45) is 5.42. The lowest BCUT2D eigenvalue weighted by Gasteiger charge is -2.29. The predicted molar refractivity (Wildman–Crippen MR) is 103 cm³/mol. The minimum Gasteiger partial charge on any atom is -0.445 e. The van der Waals surface area contributed by atoms with Crippen LogP contribution in [0.2, 0.25) is 0 Å². The molecule has 2 fully saturated rings. The van der Waals surface area contributed by atoms with E-state index in [2.05, 4.69) is 15.1 Å². The van der Waals surface area contributed by atoms with Crippen LogP contribution in [0, 0.1) is 5.82 Å². The highest BCUT2D eigenvalue weighted by molar-refractivity contribution is 7.89. The fourth-order valence-electron chi connectivity index (χ4n) is 3.72. The average Bonchev–Trinajstić information content (AvgIpc) is 3.32. The number of piperidine rings is 1. The number of benzene rings is 1. The number of rotatable bonds is 6. The third-order valence-corrected chi connectivity index (χ3v) is 7.50. The maximum Gasteiger partial charge on any atom is 0.245 e. The topological polar surface area (TPSA) is 102 Å². The molecule has 1 saturated heterocycles. The number of sulfonamides is 1. The highest BCUT2D eigenvalue weighted by Crippen LogP contribution is 2.39. The molecule has 2 aromatic heterocycles. The van der Waals surface area contributed by atoms with Crippen molar-refractivity contribution in [2.75, 3.05) is 13.1 Å². The van der Waals surface area contributed by atoms with Crippen molar-refractivity contribution in [3.05, 3.63) is 59.6 Å². The maximum absolute atomic E-state index is 14.0. The van der Waals surface area contributed by atoms with Crippen LogP contribution in [0.1, 0.15) is 60.9 Å². The molecular weight excluding hydrogens is 411 g/mol. The van der Waals surface area contributed by atoms with Gasteiger partial charge >= 0.3 is 0 Å². The monoisotopic (exact) mass is 432 g/mol. The lowest BCUT2D eigenvalue weighted by Crippen LogP contribution is -2.38. The van der Waals surface area contributed by atoms with Crippen LogP contribution >= 0.6 is 0 Å². The molecule has 0 amide bonds. The lowest BCUT2D eigenvalue weighted by molar-refractivity contribution is 0.269. The Balaban J connectivity index is 1.22. The summed E-state index contributed by atoms with van der Waals surface area (Å²) in [5.74, 6) is 2.17. The average molecular weight is 432 g/mol. The Morgan fingerprint density at radius 1 is 1.07 bits per heavy atom. The van der Waals surface area contributed by atoms with Crippen molar-refractivity contribution in [3.8, 4) is 0 Å². The molecule has 0 N–H and O–H groups in total. The smallest absolute Gasteiger partial charge is 0.245 e. The van der Waals surface area contributed by atoms with Crippen LogP contribution < -0.4 is 0 Å². The second-order valence-electron chi connectivity index (χ2n) is 7.77. The van der Waals surface area contributed by atoms with E-state index in [9.17, 15) is 12.8 Å². The maximum atomic E-state index is 14.0. The van der Waals surface area contributed by atoms with Crippen molar-refractivity contribution < 1.29 is 21.7 Å². The van der Waals surface area contributed by atoms with Crippen LogP contribution in [0.5, 0.6) is 0 Å². The summed E-state index contributed by atoms with van der Waals surface area (Å²) >= 11 is 0. The molecule has 0 radical (unpaired) electrons. The molecule has 3 aromatic rings. The van der Waals surface area contributed by atoms with Gasteiger partial charge in [-0.25, -0.2) is 17.8 Å². The largest absolute Gasteiger partial charge is 0.445 e. The van der Waals surface area contributed by atoms with Gasteiger partial charge in [0.05, 0.1) is 12.6 Å². The fourth-order valence-corrected chi connectivity index (χ4v) is 5.26. The number of nitrogens with zero attached hydrogens (tertiary/aromatic N) is 4. The van der Waals surface area contributed by atoms with Gasteiger partial charge in [0.25, 0.3) is 0 Å². The van der Waals surface area contributed by atoms with E-state index >= 15 is 0 Å². The van der Waals surface area contributed by atoms with E-state index in [-0.39, 0.29) is 23.9 Å². The Kier molecular flexibility index (Phi) is 4.90. The Bertz CT molecular complexity index is 1150. The molecule has 2 aliphatic rings. The zero-order valence-corrected chi connectivity index (χ0v) is 17.0. The van der Waals surface area contributed by atoms with E-state index in [1.165, 1.54) is 22.5 Å². The molecule has 3 heterocycles. The summed E-state index contributed by atoms with van der Waals surface area (Å²) in [5, 5.41) is 4.03. The fraction of sp³-hybridized carbons (Fsp3) is 0.450. The zero-order chi connectivity index (χ0) is 20.7. The van der Waals surface area contributed by atoms with Gasteiger partial charge in [-0.2, -0.15) is 9.29 Å². The van der Waals surface area contributed by atoms with Gasteiger partial charge < -0.3 is 8.94 Å². The van der Waals surface area contributed by atoms with Crippen LogP contribution in [-0.4, -0.2) is 40.9 Å². The summed E-state index contributed by atoms with van der Waals surface area (Å²) < 4.78 is 51.9. The van der Waals surface area contributed by atoms with Gasteiger partial charge in [0.1, 0.15) is 16.5 Å². The number of aromatic nitrogens is 3. The molecule has 1 aliphatic heterocycles. The van der Waals surface area contributed by atoms with Crippen LogP contribution in [0.4, 0.5) is 4.39 Å². The SMILES string of the molecule is O=S(=O)(c1ccccc1F)N1CCC(c2nc(Cc3cnc(C4CC4)o3)no2)CC1. The van der Waals surface area contributed by atoms with Crippen molar-refractivity contribution in [2.24, 2.45) is 0 Å². The van der Waals surface area contributed by atoms with Gasteiger partial charge in [0.15, 0.2) is 11.7 Å². The summed E-state index contributed by atoms with van der Waals surface area (Å²) in [4.78, 5) is 8.47. The van der Waals surface area contributed by atoms with E-state index in [4.69, 9.17) is 8.94 Å². The summed E-state index contributed by atoms with van der Waals surface area (Å²) in [5.41, 5.74) is 0. The van der Waals surface area contributed by atoms with Gasteiger partial charge in [0, 0.05) is 24.9 Å². The molecule has 0 unspecified atom stereocenters. The lowest BCUT2D eigenvalue weighted by atomic mass is 9.98. The van der Waals surface area contributed by atoms with Gasteiger partial charge in [0.2, 0.25) is 15.9 Å². The minimum atomic E-state index is -3.86. The Hall–Kier alpha value is -2.59. The van der Waals surface area contributed by atoms with Crippen LogP contribution in [0.25, 0.3) is 0 Å². The van der Waals surface area contributed by atoms with Gasteiger partial charge in [-0.1, -0.05) is 17.3 Å². The van der Waals surface area contributed by atoms with Crippen LogP contribution in [0.3, 0.4) is 0 Å². The first kappa shape index (κ1) is 19.4. The normalized spacial score (nSPS) is 18.7. The van der Waals surface area contributed by atoms with E-state index in [0.29, 0.717) is 42.7 Å².